The van der Waals surface area contributed by atoms with Gasteiger partial charge in [-0.3, -0.25) is 0 Å². The molecule has 0 amide bonds. The minimum Gasteiger partial charge on any atom is -0.545 e. The van der Waals surface area contributed by atoms with E-state index in [2.05, 4.69) is 26.2 Å². The average molecular weight is 200 g/mol. The first-order valence-corrected chi connectivity index (χ1v) is 7.92. The summed E-state index contributed by atoms with van der Waals surface area (Å²) >= 11 is 0. The van der Waals surface area contributed by atoms with Crippen molar-refractivity contribution in [2.24, 2.45) is 0 Å². The Bertz CT molecular complexity index is 190. The molecule has 2 nitrogen and oxygen atoms in total. The van der Waals surface area contributed by atoms with Crippen LogP contribution in [0.5, 0.6) is 0 Å². The van der Waals surface area contributed by atoms with Crippen molar-refractivity contribution in [3.05, 3.63) is 24.7 Å². The van der Waals surface area contributed by atoms with Gasteiger partial charge in [-0.05, 0) is 33.5 Å². The molecule has 0 fully saturated rings. The fourth-order valence-electron chi connectivity index (χ4n) is 0.700. The van der Waals surface area contributed by atoms with E-state index in [0.717, 1.165) is 0 Å². The average Bonchev–Trinajstić information content (AvgIpc) is 1.81. The summed E-state index contributed by atoms with van der Waals surface area (Å²) in [6.07, 6.45) is 3.60. The van der Waals surface area contributed by atoms with Crippen LogP contribution in [0.25, 0.3) is 0 Å². The van der Waals surface area contributed by atoms with Crippen molar-refractivity contribution in [1.82, 2.24) is 0 Å². The summed E-state index contributed by atoms with van der Waals surface area (Å²) in [6.45, 7) is 14.1. The van der Waals surface area contributed by atoms with Crippen LogP contribution < -0.4 is 0 Å². The van der Waals surface area contributed by atoms with Gasteiger partial charge in [0.2, 0.25) is 8.32 Å². The molecule has 0 aliphatic carbocycles. The Kier molecular flexibility index (Phi) is 4.84. The Balaban J connectivity index is 3.81. The van der Waals surface area contributed by atoms with E-state index in [0.29, 0.717) is 5.76 Å². The summed E-state index contributed by atoms with van der Waals surface area (Å²) in [7, 11) is -1.50. The van der Waals surface area contributed by atoms with Crippen molar-refractivity contribution in [3.8, 4) is 0 Å². The molecule has 0 atom stereocenters. The third-order valence-corrected chi connectivity index (χ3v) is 1.92. The number of hydrogen-bond donors (Lipinski definition) is 0. The van der Waals surface area contributed by atoms with Crippen LogP contribution in [0, 0.1) is 0 Å². The standard InChI is InChI=1S/C10H20O2Si/c1-9(2)11-8-7-10(3)12-13(4,5)6/h7-9H,3H2,1-2,4-6H3. The Morgan fingerprint density at radius 3 is 2.23 bits per heavy atom. The molecule has 0 saturated heterocycles. The lowest BCUT2D eigenvalue weighted by Crippen LogP contribution is -2.24. The molecular formula is C10H20O2Si. The number of ether oxygens (including phenoxy) is 1. The molecule has 0 saturated carbocycles. The van der Waals surface area contributed by atoms with Crippen molar-refractivity contribution < 1.29 is 9.16 Å². The fraction of sp³-hybridized carbons (Fsp3) is 0.600. The van der Waals surface area contributed by atoms with Gasteiger partial charge in [-0.15, -0.1) is 0 Å². The third-order valence-electron chi connectivity index (χ3n) is 1.04. The predicted octanol–water partition coefficient (Wildman–Crippen LogP) is 3.29. The summed E-state index contributed by atoms with van der Waals surface area (Å²) in [6, 6.07) is 0. The van der Waals surface area contributed by atoms with E-state index in [-0.39, 0.29) is 6.10 Å². The molecule has 0 radical (unpaired) electrons. The smallest absolute Gasteiger partial charge is 0.242 e. The quantitative estimate of drug-likeness (QED) is 0.385. The normalized spacial score (nSPS) is 12.2. The minimum atomic E-state index is -1.50. The highest BCUT2D eigenvalue weighted by Gasteiger charge is 2.15. The lowest BCUT2D eigenvalue weighted by molar-refractivity contribution is 0.178. The molecule has 0 aliphatic heterocycles. The number of rotatable bonds is 5. The molecule has 76 valence electrons. The Morgan fingerprint density at radius 2 is 1.85 bits per heavy atom. The van der Waals surface area contributed by atoms with Gasteiger partial charge in [-0.25, -0.2) is 0 Å². The topological polar surface area (TPSA) is 18.5 Å². The first-order valence-electron chi connectivity index (χ1n) is 4.51. The molecule has 3 heteroatoms. The highest BCUT2D eigenvalue weighted by atomic mass is 28.4. The molecule has 0 aliphatic rings. The molecule has 0 aromatic carbocycles. The van der Waals surface area contributed by atoms with Gasteiger partial charge in [0, 0.05) is 6.08 Å². The summed E-state index contributed by atoms with van der Waals surface area (Å²) in [5.41, 5.74) is 0. The van der Waals surface area contributed by atoms with Gasteiger partial charge < -0.3 is 9.16 Å². The second-order valence-corrected chi connectivity index (χ2v) is 8.60. The Morgan fingerprint density at radius 1 is 1.31 bits per heavy atom. The van der Waals surface area contributed by atoms with Crippen LogP contribution in [0.3, 0.4) is 0 Å². The molecule has 0 unspecified atom stereocenters. The first kappa shape index (κ1) is 12.3. The van der Waals surface area contributed by atoms with E-state index >= 15 is 0 Å². The highest BCUT2D eigenvalue weighted by molar-refractivity contribution is 6.70. The van der Waals surface area contributed by atoms with Crippen molar-refractivity contribution >= 4 is 8.32 Å². The SMILES string of the molecule is C=C(C=COC(C)C)O[Si](C)(C)C. The molecule has 0 aromatic heterocycles. The summed E-state index contributed by atoms with van der Waals surface area (Å²) in [5, 5.41) is 0. The van der Waals surface area contributed by atoms with E-state index in [9.17, 15) is 0 Å². The molecular weight excluding hydrogens is 180 g/mol. The highest BCUT2D eigenvalue weighted by Crippen LogP contribution is 2.09. The van der Waals surface area contributed by atoms with Crippen molar-refractivity contribution in [2.45, 2.75) is 39.6 Å². The summed E-state index contributed by atoms with van der Waals surface area (Å²) in [4.78, 5) is 0. The van der Waals surface area contributed by atoms with Crippen molar-refractivity contribution in [1.29, 1.82) is 0 Å². The van der Waals surface area contributed by atoms with Gasteiger partial charge in [-0.1, -0.05) is 6.58 Å². The maximum Gasteiger partial charge on any atom is 0.242 e. The van der Waals surface area contributed by atoms with E-state index < -0.39 is 8.32 Å². The molecule has 0 aromatic rings. The van der Waals surface area contributed by atoms with E-state index in [1.165, 1.54) is 0 Å². The monoisotopic (exact) mass is 200 g/mol. The van der Waals surface area contributed by atoms with Crippen LogP contribution in [0.1, 0.15) is 13.8 Å². The Hall–Kier alpha value is -0.703. The zero-order valence-corrected chi connectivity index (χ0v) is 10.3. The first-order chi connectivity index (χ1) is 5.81. The van der Waals surface area contributed by atoms with Gasteiger partial charge in [0.15, 0.2) is 0 Å². The molecule has 0 heterocycles. The molecule has 0 bridgehead atoms. The molecule has 0 spiro atoms. The zero-order valence-electron chi connectivity index (χ0n) is 9.26. The lowest BCUT2D eigenvalue weighted by atomic mass is 10.5. The second kappa shape index (κ2) is 5.12. The predicted molar refractivity (Wildman–Crippen MR) is 58.9 cm³/mol. The molecule has 13 heavy (non-hydrogen) atoms. The van der Waals surface area contributed by atoms with Gasteiger partial charge in [-0.2, -0.15) is 0 Å². The van der Waals surface area contributed by atoms with Gasteiger partial charge in [0.25, 0.3) is 0 Å². The number of allylic oxidation sites excluding steroid dienone is 1. The van der Waals surface area contributed by atoms with E-state index in [1.54, 1.807) is 12.3 Å². The second-order valence-electron chi connectivity index (χ2n) is 4.17. The van der Waals surface area contributed by atoms with E-state index in [1.807, 2.05) is 13.8 Å². The van der Waals surface area contributed by atoms with Crippen molar-refractivity contribution in [3.63, 3.8) is 0 Å². The van der Waals surface area contributed by atoms with Crippen LogP contribution in [0.4, 0.5) is 0 Å². The van der Waals surface area contributed by atoms with Crippen LogP contribution in [0.15, 0.2) is 24.7 Å². The zero-order chi connectivity index (χ0) is 10.5. The van der Waals surface area contributed by atoms with Crippen LogP contribution in [-0.4, -0.2) is 14.4 Å². The maximum absolute atomic E-state index is 5.60. The minimum absolute atomic E-state index is 0.205. The van der Waals surface area contributed by atoms with Gasteiger partial charge in [0.05, 0.1) is 18.1 Å². The maximum atomic E-state index is 5.60. The van der Waals surface area contributed by atoms with Gasteiger partial charge >= 0.3 is 0 Å². The molecule has 0 N–H and O–H groups in total. The van der Waals surface area contributed by atoms with Gasteiger partial charge in [0.1, 0.15) is 0 Å². The van der Waals surface area contributed by atoms with E-state index in [4.69, 9.17) is 9.16 Å². The third kappa shape index (κ3) is 9.21. The summed E-state index contributed by atoms with van der Waals surface area (Å²) in [5.74, 6) is 0.680. The summed E-state index contributed by atoms with van der Waals surface area (Å²) < 4.78 is 10.8. The Labute approximate surface area is 82.4 Å². The fourth-order valence-corrected chi connectivity index (χ4v) is 1.55. The lowest BCUT2D eigenvalue weighted by Gasteiger charge is -2.18. The van der Waals surface area contributed by atoms with Crippen LogP contribution in [0.2, 0.25) is 19.6 Å². The largest absolute Gasteiger partial charge is 0.545 e. The number of hydrogen-bond acceptors (Lipinski definition) is 2. The molecule has 0 rings (SSSR count). The van der Waals surface area contributed by atoms with Crippen LogP contribution >= 0.6 is 0 Å². The van der Waals surface area contributed by atoms with Crippen LogP contribution in [-0.2, 0) is 9.16 Å². The van der Waals surface area contributed by atoms with Crippen molar-refractivity contribution in [2.75, 3.05) is 0 Å².